The van der Waals surface area contributed by atoms with Crippen molar-refractivity contribution in [3.63, 3.8) is 0 Å². The molecule has 0 spiro atoms. The predicted molar refractivity (Wildman–Crippen MR) is 78.5 cm³/mol. The SMILES string of the molecule is O=[N+]([O-])C[C@@H](c1ccccc1)N1CCc2ccccc21. The maximum Gasteiger partial charge on any atom is 0.228 e. The molecule has 2 aromatic rings. The van der Waals surface area contributed by atoms with Gasteiger partial charge in [0.2, 0.25) is 6.54 Å². The zero-order valence-electron chi connectivity index (χ0n) is 11.1. The van der Waals surface area contributed by atoms with E-state index in [1.165, 1.54) is 5.56 Å². The van der Waals surface area contributed by atoms with Gasteiger partial charge in [0, 0.05) is 17.2 Å². The molecule has 0 aromatic heterocycles. The number of anilines is 1. The van der Waals surface area contributed by atoms with E-state index in [1.807, 2.05) is 42.5 Å². The van der Waals surface area contributed by atoms with E-state index >= 15 is 0 Å². The Morgan fingerprint density at radius 2 is 1.80 bits per heavy atom. The van der Waals surface area contributed by atoms with Crippen LogP contribution in [0.5, 0.6) is 0 Å². The van der Waals surface area contributed by atoms with Crippen LogP contribution in [0.1, 0.15) is 17.2 Å². The first kappa shape index (κ1) is 12.7. The van der Waals surface area contributed by atoms with Gasteiger partial charge in [0.25, 0.3) is 0 Å². The fourth-order valence-electron chi connectivity index (χ4n) is 2.89. The van der Waals surface area contributed by atoms with Gasteiger partial charge in [-0.15, -0.1) is 0 Å². The van der Waals surface area contributed by atoms with E-state index in [4.69, 9.17) is 0 Å². The molecule has 1 atom stereocenters. The molecule has 20 heavy (non-hydrogen) atoms. The van der Waals surface area contributed by atoms with E-state index in [9.17, 15) is 10.1 Å². The summed E-state index contributed by atoms with van der Waals surface area (Å²) >= 11 is 0. The summed E-state index contributed by atoms with van der Waals surface area (Å²) in [6.07, 6.45) is 0.956. The predicted octanol–water partition coefficient (Wildman–Crippen LogP) is 3.07. The first-order chi connectivity index (χ1) is 9.75. The fraction of sp³-hybridized carbons (Fsp3) is 0.250. The topological polar surface area (TPSA) is 46.4 Å². The van der Waals surface area contributed by atoms with Gasteiger partial charge in [-0.1, -0.05) is 48.5 Å². The number of benzene rings is 2. The van der Waals surface area contributed by atoms with Crippen molar-refractivity contribution in [2.75, 3.05) is 18.0 Å². The van der Waals surface area contributed by atoms with Gasteiger partial charge in [0.05, 0.1) is 0 Å². The third-order valence-electron chi connectivity index (χ3n) is 3.81. The first-order valence-corrected chi connectivity index (χ1v) is 6.77. The zero-order chi connectivity index (χ0) is 13.9. The molecule has 0 radical (unpaired) electrons. The Kier molecular flexibility index (Phi) is 3.37. The summed E-state index contributed by atoms with van der Waals surface area (Å²) in [7, 11) is 0. The highest BCUT2D eigenvalue weighted by molar-refractivity contribution is 5.59. The van der Waals surface area contributed by atoms with Crippen LogP contribution in [0.15, 0.2) is 54.6 Å². The van der Waals surface area contributed by atoms with Crippen molar-refractivity contribution in [2.45, 2.75) is 12.5 Å². The molecule has 0 unspecified atom stereocenters. The number of nitrogens with zero attached hydrogens (tertiary/aromatic N) is 2. The minimum atomic E-state index is -0.224. The Bertz CT molecular complexity index is 613. The highest BCUT2D eigenvalue weighted by Crippen LogP contribution is 2.34. The maximum atomic E-state index is 11.0. The van der Waals surface area contributed by atoms with Gasteiger partial charge >= 0.3 is 0 Å². The molecule has 0 saturated heterocycles. The third kappa shape index (κ3) is 2.37. The van der Waals surface area contributed by atoms with Crippen molar-refractivity contribution in [3.05, 3.63) is 75.8 Å². The zero-order valence-corrected chi connectivity index (χ0v) is 11.1. The van der Waals surface area contributed by atoms with Gasteiger partial charge in [-0.2, -0.15) is 0 Å². The van der Waals surface area contributed by atoms with E-state index in [-0.39, 0.29) is 17.5 Å². The van der Waals surface area contributed by atoms with E-state index in [2.05, 4.69) is 17.0 Å². The van der Waals surface area contributed by atoms with Gasteiger partial charge < -0.3 is 4.90 Å². The molecule has 4 nitrogen and oxygen atoms in total. The van der Waals surface area contributed by atoms with Crippen molar-refractivity contribution >= 4 is 5.69 Å². The molecule has 2 aromatic carbocycles. The minimum Gasteiger partial charge on any atom is -0.358 e. The van der Waals surface area contributed by atoms with E-state index < -0.39 is 0 Å². The van der Waals surface area contributed by atoms with Gasteiger partial charge in [-0.25, -0.2) is 0 Å². The average Bonchev–Trinajstić information content (AvgIpc) is 2.89. The number of hydrogen-bond acceptors (Lipinski definition) is 3. The highest BCUT2D eigenvalue weighted by atomic mass is 16.6. The minimum absolute atomic E-state index is 0.0711. The molecule has 0 bridgehead atoms. The summed E-state index contributed by atoms with van der Waals surface area (Å²) in [6.45, 7) is 0.769. The van der Waals surface area contributed by atoms with Crippen LogP contribution in [0.4, 0.5) is 5.69 Å². The number of rotatable bonds is 4. The second-order valence-electron chi connectivity index (χ2n) is 5.01. The first-order valence-electron chi connectivity index (χ1n) is 6.77. The lowest BCUT2D eigenvalue weighted by Gasteiger charge is -2.27. The van der Waals surface area contributed by atoms with Crippen molar-refractivity contribution in [1.82, 2.24) is 0 Å². The van der Waals surface area contributed by atoms with Crippen LogP contribution in [0, 0.1) is 10.1 Å². The number of hydrogen-bond donors (Lipinski definition) is 0. The highest BCUT2D eigenvalue weighted by Gasteiger charge is 2.30. The Balaban J connectivity index is 1.97. The molecule has 102 valence electrons. The Hall–Kier alpha value is -2.36. The van der Waals surface area contributed by atoms with Crippen molar-refractivity contribution in [3.8, 4) is 0 Å². The monoisotopic (exact) mass is 268 g/mol. The molecule has 3 rings (SSSR count). The van der Waals surface area contributed by atoms with Crippen LogP contribution < -0.4 is 4.90 Å². The van der Waals surface area contributed by atoms with Gasteiger partial charge in [-0.05, 0) is 23.6 Å². The molecule has 1 aliphatic rings. The van der Waals surface area contributed by atoms with Crippen LogP contribution >= 0.6 is 0 Å². The Labute approximate surface area is 117 Å². The van der Waals surface area contributed by atoms with Crippen LogP contribution in [-0.2, 0) is 6.42 Å². The molecule has 0 aliphatic carbocycles. The van der Waals surface area contributed by atoms with E-state index in [0.29, 0.717) is 0 Å². The van der Waals surface area contributed by atoms with Crippen molar-refractivity contribution in [1.29, 1.82) is 0 Å². The normalized spacial score (nSPS) is 14.9. The van der Waals surface area contributed by atoms with Gasteiger partial charge in [0.15, 0.2) is 0 Å². The summed E-state index contributed by atoms with van der Waals surface area (Å²) in [6, 6.07) is 17.7. The number of fused-ring (bicyclic) bond motifs is 1. The van der Waals surface area contributed by atoms with Crippen LogP contribution in [0.3, 0.4) is 0 Å². The van der Waals surface area contributed by atoms with Gasteiger partial charge in [0.1, 0.15) is 6.04 Å². The maximum absolute atomic E-state index is 11.0. The third-order valence-corrected chi connectivity index (χ3v) is 3.81. The number of nitro groups is 1. The summed E-state index contributed by atoms with van der Waals surface area (Å²) in [5, 5.41) is 11.0. The molecule has 1 aliphatic heterocycles. The van der Waals surface area contributed by atoms with Gasteiger partial charge in [-0.3, -0.25) is 10.1 Å². The smallest absolute Gasteiger partial charge is 0.228 e. The quantitative estimate of drug-likeness (QED) is 0.632. The van der Waals surface area contributed by atoms with Crippen molar-refractivity contribution in [2.24, 2.45) is 0 Å². The van der Waals surface area contributed by atoms with Crippen LogP contribution in [0.25, 0.3) is 0 Å². The van der Waals surface area contributed by atoms with Crippen LogP contribution in [0.2, 0.25) is 0 Å². The molecule has 0 fully saturated rings. The second kappa shape index (κ2) is 5.33. The molecule has 0 amide bonds. The lowest BCUT2D eigenvalue weighted by atomic mass is 10.1. The van der Waals surface area contributed by atoms with E-state index in [1.54, 1.807) is 0 Å². The molecule has 4 heteroatoms. The summed E-state index contributed by atoms with van der Waals surface area (Å²) in [5.41, 5.74) is 3.40. The average molecular weight is 268 g/mol. The largest absolute Gasteiger partial charge is 0.358 e. The second-order valence-corrected chi connectivity index (χ2v) is 5.01. The molecular weight excluding hydrogens is 252 g/mol. The fourth-order valence-corrected chi connectivity index (χ4v) is 2.89. The molecule has 0 saturated carbocycles. The lowest BCUT2D eigenvalue weighted by molar-refractivity contribution is -0.483. The molecular formula is C16H16N2O2. The van der Waals surface area contributed by atoms with Crippen LogP contribution in [-0.4, -0.2) is 18.0 Å². The lowest BCUT2D eigenvalue weighted by Crippen LogP contribution is -2.32. The Morgan fingerprint density at radius 1 is 1.10 bits per heavy atom. The summed E-state index contributed by atoms with van der Waals surface area (Å²) < 4.78 is 0. The number of para-hydroxylation sites is 1. The standard InChI is InChI=1S/C16H16N2O2/c19-18(20)12-16(13-6-2-1-3-7-13)17-11-10-14-8-4-5-9-15(14)17/h1-9,16H,10-12H2/t16-/m0/s1. The summed E-state index contributed by atoms with van der Waals surface area (Å²) in [4.78, 5) is 13.0. The molecule has 0 N–H and O–H groups in total. The summed E-state index contributed by atoms with van der Waals surface area (Å²) in [5.74, 6) is 0. The Morgan fingerprint density at radius 3 is 2.55 bits per heavy atom. The van der Waals surface area contributed by atoms with E-state index in [0.717, 1.165) is 24.2 Å². The van der Waals surface area contributed by atoms with Crippen molar-refractivity contribution < 1.29 is 4.92 Å². The molecule has 1 heterocycles.